The molecule has 1 amide bonds. The number of amides is 1. The van der Waals surface area contributed by atoms with E-state index >= 15 is 0 Å². The van der Waals surface area contributed by atoms with Crippen molar-refractivity contribution in [2.75, 3.05) is 0 Å². The van der Waals surface area contributed by atoms with E-state index in [4.69, 9.17) is 0 Å². The second-order valence-corrected chi connectivity index (χ2v) is 6.61. The summed E-state index contributed by atoms with van der Waals surface area (Å²) in [6.07, 6.45) is 14.0. The Hall–Kier alpha value is -3.15. The Morgan fingerprint density at radius 3 is 3.12 bits per heavy atom. The van der Waals surface area contributed by atoms with E-state index in [1.807, 2.05) is 31.8 Å². The van der Waals surface area contributed by atoms with Crippen LogP contribution in [0.1, 0.15) is 24.8 Å². The number of carbonyl (C=O) groups is 1. The maximum absolute atomic E-state index is 11.7. The largest absolute Gasteiger partial charge is 0.349 e. The number of allylic oxidation sites excluding steroid dienone is 1. The highest BCUT2D eigenvalue weighted by atomic mass is 16.1. The van der Waals surface area contributed by atoms with Gasteiger partial charge in [0, 0.05) is 48.2 Å². The number of rotatable bonds is 4. The molecule has 2 N–H and O–H groups in total. The van der Waals surface area contributed by atoms with Crippen LogP contribution in [0.15, 0.2) is 49.6 Å². The fraction of sp³-hybridized carbons (Fsp3) is 0.250. The van der Waals surface area contributed by atoms with Crippen LogP contribution in [0.25, 0.3) is 27.7 Å². The molecule has 0 saturated carbocycles. The summed E-state index contributed by atoms with van der Waals surface area (Å²) < 4.78 is 1.80. The van der Waals surface area contributed by atoms with Gasteiger partial charge in [-0.1, -0.05) is 12.7 Å². The van der Waals surface area contributed by atoms with Gasteiger partial charge in [-0.05, 0) is 42.5 Å². The van der Waals surface area contributed by atoms with Gasteiger partial charge in [0.05, 0.1) is 6.20 Å². The Bertz CT molecular complexity index is 1010. The van der Waals surface area contributed by atoms with Crippen molar-refractivity contribution in [1.29, 1.82) is 0 Å². The maximum atomic E-state index is 11.7. The molecule has 26 heavy (non-hydrogen) atoms. The van der Waals surface area contributed by atoms with Gasteiger partial charge >= 0.3 is 0 Å². The molecule has 0 spiro atoms. The van der Waals surface area contributed by atoms with E-state index in [-0.39, 0.29) is 11.9 Å². The number of aromatic amines is 1. The van der Waals surface area contributed by atoms with Gasteiger partial charge in [-0.25, -0.2) is 4.98 Å². The molecule has 0 aliphatic heterocycles. The molecule has 0 aromatic carbocycles. The van der Waals surface area contributed by atoms with Crippen molar-refractivity contribution < 1.29 is 4.79 Å². The molecule has 6 heteroatoms. The van der Waals surface area contributed by atoms with Crippen LogP contribution in [0.2, 0.25) is 0 Å². The van der Waals surface area contributed by atoms with E-state index in [1.54, 1.807) is 4.68 Å². The Labute approximate surface area is 151 Å². The molecule has 0 saturated heterocycles. The fourth-order valence-electron chi connectivity index (χ4n) is 3.62. The van der Waals surface area contributed by atoms with E-state index in [2.05, 4.69) is 39.1 Å². The Kier molecular flexibility index (Phi) is 4.16. The van der Waals surface area contributed by atoms with E-state index in [0.29, 0.717) is 0 Å². The first-order valence-corrected chi connectivity index (χ1v) is 8.73. The molecule has 4 rings (SSSR count). The number of hydrogen-bond acceptors (Lipinski definition) is 3. The molecule has 0 bridgehead atoms. The normalized spacial score (nSPS) is 17.1. The van der Waals surface area contributed by atoms with Crippen LogP contribution in [-0.2, 0) is 11.8 Å². The van der Waals surface area contributed by atoms with Gasteiger partial charge in [-0.2, -0.15) is 5.10 Å². The molecule has 0 radical (unpaired) electrons. The number of nitrogens with zero attached hydrogens (tertiary/aromatic N) is 3. The predicted octanol–water partition coefficient (Wildman–Crippen LogP) is 3.20. The minimum atomic E-state index is -0.117. The Morgan fingerprint density at radius 2 is 2.35 bits per heavy atom. The minimum absolute atomic E-state index is 0.117. The molecule has 3 heterocycles. The SMILES string of the molecule is C=CC(=O)NC1CCC=C(c2ccnc3[nH]cc(-c4cnn(C)c4)c23)C1. The molecule has 3 aromatic heterocycles. The Morgan fingerprint density at radius 1 is 1.46 bits per heavy atom. The third-order valence-corrected chi connectivity index (χ3v) is 4.84. The maximum Gasteiger partial charge on any atom is 0.243 e. The van der Waals surface area contributed by atoms with Gasteiger partial charge in [0.15, 0.2) is 0 Å². The second kappa shape index (κ2) is 6.63. The lowest BCUT2D eigenvalue weighted by molar-refractivity contribution is -0.117. The molecular weight excluding hydrogens is 326 g/mol. The number of H-pyrrole nitrogens is 1. The zero-order valence-corrected chi connectivity index (χ0v) is 14.7. The molecule has 0 fully saturated rings. The smallest absolute Gasteiger partial charge is 0.243 e. The van der Waals surface area contributed by atoms with Crippen LogP contribution in [0.4, 0.5) is 0 Å². The van der Waals surface area contributed by atoms with Gasteiger partial charge in [0.1, 0.15) is 5.65 Å². The van der Waals surface area contributed by atoms with Crippen LogP contribution in [-0.4, -0.2) is 31.7 Å². The monoisotopic (exact) mass is 347 g/mol. The van der Waals surface area contributed by atoms with Gasteiger partial charge in [0.2, 0.25) is 5.91 Å². The molecule has 1 aliphatic carbocycles. The van der Waals surface area contributed by atoms with E-state index in [1.165, 1.54) is 11.6 Å². The summed E-state index contributed by atoms with van der Waals surface area (Å²) in [6, 6.07) is 2.18. The minimum Gasteiger partial charge on any atom is -0.349 e. The van der Waals surface area contributed by atoms with E-state index in [9.17, 15) is 4.79 Å². The summed E-state index contributed by atoms with van der Waals surface area (Å²) in [4.78, 5) is 19.4. The third-order valence-electron chi connectivity index (χ3n) is 4.84. The quantitative estimate of drug-likeness (QED) is 0.712. The molecule has 132 valence electrons. The zero-order chi connectivity index (χ0) is 18.1. The van der Waals surface area contributed by atoms with Crippen molar-refractivity contribution in [1.82, 2.24) is 25.1 Å². The average Bonchev–Trinajstić information content (AvgIpc) is 3.27. The first kappa shape index (κ1) is 16.3. The van der Waals surface area contributed by atoms with Crippen molar-refractivity contribution in [2.24, 2.45) is 7.05 Å². The van der Waals surface area contributed by atoms with E-state index in [0.717, 1.165) is 47.0 Å². The number of aryl methyl sites for hydroxylation is 1. The number of aromatic nitrogens is 4. The lowest BCUT2D eigenvalue weighted by Gasteiger charge is -2.24. The highest BCUT2D eigenvalue weighted by molar-refractivity contribution is 6.01. The number of hydrogen-bond donors (Lipinski definition) is 2. The van der Waals surface area contributed by atoms with Gasteiger partial charge in [-0.3, -0.25) is 9.48 Å². The van der Waals surface area contributed by atoms with Crippen LogP contribution < -0.4 is 5.32 Å². The van der Waals surface area contributed by atoms with Crippen molar-refractivity contribution in [3.63, 3.8) is 0 Å². The molecular formula is C20H21N5O. The summed E-state index contributed by atoms with van der Waals surface area (Å²) in [7, 11) is 1.91. The topological polar surface area (TPSA) is 75.6 Å². The lowest BCUT2D eigenvalue weighted by atomic mass is 9.88. The molecule has 3 aromatic rings. The summed E-state index contributed by atoms with van der Waals surface area (Å²) in [5, 5.41) is 8.41. The standard InChI is InChI=1S/C20H21N5O/c1-3-18(26)24-15-6-4-5-13(9-15)16-7-8-21-20-19(16)17(11-22-20)14-10-23-25(2)12-14/h3,5,7-8,10-12,15H,1,4,6,9H2,2H3,(H,21,22)(H,24,26). The Balaban J connectivity index is 1.75. The van der Waals surface area contributed by atoms with Crippen LogP contribution in [0, 0.1) is 0 Å². The molecule has 6 nitrogen and oxygen atoms in total. The zero-order valence-electron chi connectivity index (χ0n) is 14.7. The summed E-state index contributed by atoms with van der Waals surface area (Å²) in [6.45, 7) is 3.54. The van der Waals surface area contributed by atoms with Crippen molar-refractivity contribution in [3.05, 3.63) is 55.1 Å². The molecule has 1 unspecified atom stereocenters. The number of pyridine rings is 1. The highest BCUT2D eigenvalue weighted by Crippen LogP contribution is 2.36. The first-order chi connectivity index (χ1) is 12.7. The van der Waals surface area contributed by atoms with Gasteiger partial charge in [-0.15, -0.1) is 0 Å². The van der Waals surface area contributed by atoms with E-state index < -0.39 is 0 Å². The number of fused-ring (bicyclic) bond motifs is 1. The van der Waals surface area contributed by atoms with Crippen molar-refractivity contribution >= 4 is 22.5 Å². The van der Waals surface area contributed by atoms with Crippen LogP contribution in [0.5, 0.6) is 0 Å². The summed E-state index contributed by atoms with van der Waals surface area (Å²) >= 11 is 0. The number of nitrogens with one attached hydrogen (secondary N) is 2. The summed E-state index contributed by atoms with van der Waals surface area (Å²) in [5.74, 6) is -0.117. The number of carbonyl (C=O) groups excluding carboxylic acids is 1. The van der Waals surface area contributed by atoms with Gasteiger partial charge < -0.3 is 10.3 Å². The third kappa shape index (κ3) is 2.94. The molecule has 1 aliphatic rings. The predicted molar refractivity (Wildman–Crippen MR) is 102 cm³/mol. The average molecular weight is 347 g/mol. The summed E-state index contributed by atoms with van der Waals surface area (Å²) in [5.41, 5.74) is 5.41. The van der Waals surface area contributed by atoms with Crippen molar-refractivity contribution in [3.8, 4) is 11.1 Å². The van der Waals surface area contributed by atoms with Crippen LogP contribution in [0.3, 0.4) is 0 Å². The van der Waals surface area contributed by atoms with Crippen LogP contribution >= 0.6 is 0 Å². The lowest BCUT2D eigenvalue weighted by Crippen LogP contribution is -2.34. The first-order valence-electron chi connectivity index (χ1n) is 8.73. The fourth-order valence-corrected chi connectivity index (χ4v) is 3.62. The molecule has 1 atom stereocenters. The second-order valence-electron chi connectivity index (χ2n) is 6.61. The van der Waals surface area contributed by atoms with Gasteiger partial charge in [0.25, 0.3) is 0 Å². The van der Waals surface area contributed by atoms with Crippen molar-refractivity contribution in [2.45, 2.75) is 25.3 Å². The highest BCUT2D eigenvalue weighted by Gasteiger charge is 2.21.